The minimum absolute atomic E-state index is 0.00502. The summed E-state index contributed by atoms with van der Waals surface area (Å²) in [5.74, 6) is 0.00502. The van der Waals surface area contributed by atoms with Crippen molar-refractivity contribution >= 4 is 21.2 Å². The molecule has 56 valence electrons. The molecule has 0 atom stereocenters. The summed E-state index contributed by atoms with van der Waals surface area (Å²) in [6, 6.07) is 1.24. The average molecular weight is 178 g/mol. The van der Waals surface area contributed by atoms with Gasteiger partial charge >= 0.3 is 0 Å². The summed E-state index contributed by atoms with van der Waals surface area (Å²) in [5.41, 5.74) is 0. The van der Waals surface area contributed by atoms with E-state index in [9.17, 15) is 8.42 Å². The van der Waals surface area contributed by atoms with E-state index in [1.165, 1.54) is 11.4 Å². The van der Waals surface area contributed by atoms with Crippen molar-refractivity contribution < 1.29 is 13.5 Å². The molecule has 0 spiro atoms. The van der Waals surface area contributed by atoms with Crippen molar-refractivity contribution in [1.82, 2.24) is 0 Å². The number of aromatic hydroxyl groups is 1. The van der Waals surface area contributed by atoms with E-state index in [2.05, 4.69) is 0 Å². The topological polar surface area (TPSA) is 54.4 Å². The van der Waals surface area contributed by atoms with Gasteiger partial charge in [-0.15, -0.1) is 11.3 Å². The van der Waals surface area contributed by atoms with E-state index in [1.807, 2.05) is 0 Å². The fourth-order valence-electron chi connectivity index (χ4n) is 0.502. The predicted octanol–water partition coefficient (Wildman–Crippen LogP) is 0.857. The van der Waals surface area contributed by atoms with Gasteiger partial charge in [-0.3, -0.25) is 0 Å². The van der Waals surface area contributed by atoms with Crippen molar-refractivity contribution in [3.05, 3.63) is 11.4 Å². The summed E-state index contributed by atoms with van der Waals surface area (Å²) in [5, 5.41) is 10.1. The molecule has 0 saturated heterocycles. The smallest absolute Gasteiger partial charge is 0.185 e. The molecule has 0 radical (unpaired) electrons. The Morgan fingerprint density at radius 2 is 2.20 bits per heavy atom. The summed E-state index contributed by atoms with van der Waals surface area (Å²) < 4.78 is 21.7. The van der Waals surface area contributed by atoms with Gasteiger partial charge in [0.2, 0.25) is 0 Å². The van der Waals surface area contributed by atoms with Crippen LogP contribution in [0.2, 0.25) is 0 Å². The zero-order valence-electron chi connectivity index (χ0n) is 5.23. The van der Waals surface area contributed by atoms with Crippen LogP contribution in [0.3, 0.4) is 0 Å². The maximum Gasteiger partial charge on any atom is 0.185 e. The van der Waals surface area contributed by atoms with Gasteiger partial charge < -0.3 is 5.11 Å². The number of hydrogen-bond acceptors (Lipinski definition) is 4. The summed E-state index contributed by atoms with van der Waals surface area (Å²) in [4.78, 5) is 0. The van der Waals surface area contributed by atoms with E-state index in [1.54, 1.807) is 0 Å². The molecule has 1 heterocycles. The molecule has 3 nitrogen and oxygen atoms in total. The molecule has 0 bridgehead atoms. The highest BCUT2D eigenvalue weighted by Gasteiger charge is 2.08. The monoisotopic (exact) mass is 178 g/mol. The van der Waals surface area contributed by atoms with Crippen LogP contribution < -0.4 is 0 Å². The molecule has 10 heavy (non-hydrogen) atoms. The van der Waals surface area contributed by atoms with Crippen molar-refractivity contribution in [1.29, 1.82) is 0 Å². The van der Waals surface area contributed by atoms with Crippen LogP contribution in [-0.2, 0) is 9.84 Å². The van der Waals surface area contributed by atoms with Crippen LogP contribution >= 0.6 is 11.3 Å². The molecule has 0 aliphatic carbocycles. The van der Waals surface area contributed by atoms with Crippen LogP contribution in [0.25, 0.3) is 0 Å². The molecule has 5 heteroatoms. The zero-order chi connectivity index (χ0) is 7.78. The Kier molecular flexibility index (Phi) is 1.70. The first-order valence-electron chi connectivity index (χ1n) is 2.48. The summed E-state index contributed by atoms with van der Waals surface area (Å²) in [6.45, 7) is 0. The van der Waals surface area contributed by atoms with Gasteiger partial charge in [-0.25, -0.2) is 8.42 Å². The van der Waals surface area contributed by atoms with E-state index in [0.717, 1.165) is 17.6 Å². The highest BCUT2D eigenvalue weighted by atomic mass is 32.2. The highest BCUT2D eigenvalue weighted by molar-refractivity contribution is 7.92. The van der Waals surface area contributed by atoms with Crippen molar-refractivity contribution in [2.75, 3.05) is 6.26 Å². The van der Waals surface area contributed by atoms with Crippen LogP contribution in [0.15, 0.2) is 15.7 Å². The Hall–Kier alpha value is -0.550. The fourth-order valence-corrected chi connectivity index (χ4v) is 2.17. The maximum absolute atomic E-state index is 10.7. The molecular weight excluding hydrogens is 172 g/mol. The Morgan fingerprint density at radius 1 is 1.60 bits per heavy atom. The lowest BCUT2D eigenvalue weighted by molar-refractivity contribution is 0.477. The number of rotatable bonds is 1. The molecular formula is C5H6O3S2. The van der Waals surface area contributed by atoms with Crippen molar-refractivity contribution in [2.24, 2.45) is 0 Å². The summed E-state index contributed by atoms with van der Waals surface area (Å²) >= 11 is 1.02. The summed E-state index contributed by atoms with van der Waals surface area (Å²) in [7, 11) is -3.12. The summed E-state index contributed by atoms with van der Waals surface area (Å²) in [6.07, 6.45) is 1.11. The number of hydrogen-bond donors (Lipinski definition) is 1. The largest absolute Gasteiger partial charge is 0.507 e. The standard InChI is InChI=1S/C5H6O3S2/c1-10(7,8)5-2-4(6)3-9-5/h2-3,6H,1H3. The third kappa shape index (κ3) is 1.48. The normalized spacial score (nSPS) is 11.7. The second kappa shape index (κ2) is 2.25. The van der Waals surface area contributed by atoms with Gasteiger partial charge in [-0.05, 0) is 0 Å². The van der Waals surface area contributed by atoms with Crippen molar-refractivity contribution in [3.8, 4) is 5.75 Å². The lowest BCUT2D eigenvalue weighted by Crippen LogP contribution is -1.91. The van der Waals surface area contributed by atoms with E-state index in [4.69, 9.17) is 5.11 Å². The van der Waals surface area contributed by atoms with E-state index in [-0.39, 0.29) is 9.96 Å². The molecule has 0 unspecified atom stereocenters. The molecule has 0 saturated carbocycles. The Bertz CT molecular complexity index is 322. The SMILES string of the molecule is CS(=O)(=O)c1cc(O)cs1. The van der Waals surface area contributed by atoms with E-state index in [0.29, 0.717) is 0 Å². The molecule has 0 aliphatic heterocycles. The maximum atomic E-state index is 10.7. The van der Waals surface area contributed by atoms with Crippen LogP contribution in [0.5, 0.6) is 5.75 Å². The van der Waals surface area contributed by atoms with E-state index >= 15 is 0 Å². The highest BCUT2D eigenvalue weighted by Crippen LogP contribution is 2.23. The van der Waals surface area contributed by atoms with Gasteiger partial charge in [-0.1, -0.05) is 0 Å². The minimum Gasteiger partial charge on any atom is -0.507 e. The van der Waals surface area contributed by atoms with Gasteiger partial charge in [0.05, 0.1) is 0 Å². The quantitative estimate of drug-likeness (QED) is 0.693. The molecule has 0 aromatic carbocycles. The first-order chi connectivity index (χ1) is 4.50. The molecule has 1 aromatic rings. The van der Waals surface area contributed by atoms with E-state index < -0.39 is 9.84 Å². The van der Waals surface area contributed by atoms with Crippen molar-refractivity contribution in [3.63, 3.8) is 0 Å². The van der Waals surface area contributed by atoms with Crippen LogP contribution in [0, 0.1) is 0 Å². The van der Waals surface area contributed by atoms with Gasteiger partial charge in [0.15, 0.2) is 9.84 Å². The lowest BCUT2D eigenvalue weighted by atomic mass is 10.6. The minimum atomic E-state index is -3.12. The van der Waals surface area contributed by atoms with Gasteiger partial charge in [-0.2, -0.15) is 0 Å². The first kappa shape index (κ1) is 7.56. The zero-order valence-corrected chi connectivity index (χ0v) is 6.87. The molecule has 1 rings (SSSR count). The third-order valence-corrected chi connectivity index (χ3v) is 3.68. The predicted molar refractivity (Wildman–Crippen MR) is 39.1 cm³/mol. The Morgan fingerprint density at radius 3 is 2.40 bits per heavy atom. The molecule has 0 fully saturated rings. The Balaban J connectivity index is 3.21. The Labute approximate surface area is 62.9 Å². The van der Waals surface area contributed by atoms with Crippen LogP contribution in [0.1, 0.15) is 0 Å². The number of thiophene rings is 1. The van der Waals surface area contributed by atoms with Gasteiger partial charge in [0.25, 0.3) is 0 Å². The molecule has 1 aromatic heterocycles. The first-order valence-corrected chi connectivity index (χ1v) is 5.25. The number of sulfone groups is 1. The van der Waals surface area contributed by atoms with Crippen LogP contribution in [0.4, 0.5) is 0 Å². The second-order valence-electron chi connectivity index (χ2n) is 1.90. The molecule has 1 N–H and O–H groups in total. The third-order valence-electron chi connectivity index (χ3n) is 0.927. The molecule has 0 aliphatic rings. The fraction of sp³-hybridized carbons (Fsp3) is 0.200. The van der Waals surface area contributed by atoms with Crippen molar-refractivity contribution in [2.45, 2.75) is 4.21 Å². The van der Waals surface area contributed by atoms with Gasteiger partial charge in [0, 0.05) is 17.7 Å². The average Bonchev–Trinajstić information content (AvgIpc) is 2.11. The lowest BCUT2D eigenvalue weighted by Gasteiger charge is -1.86. The van der Waals surface area contributed by atoms with Gasteiger partial charge in [0.1, 0.15) is 9.96 Å². The molecule has 0 amide bonds. The second-order valence-corrected chi connectivity index (χ2v) is 5.05. The van der Waals surface area contributed by atoms with Crippen LogP contribution in [-0.4, -0.2) is 19.8 Å².